The second-order valence-corrected chi connectivity index (χ2v) is 6.81. The zero-order chi connectivity index (χ0) is 17.2. The number of carbonyl (C=O) groups excluding carboxylic acids is 1. The van der Waals surface area contributed by atoms with E-state index in [0.29, 0.717) is 32.1 Å². The summed E-state index contributed by atoms with van der Waals surface area (Å²) in [6, 6.07) is 8.91. The third-order valence-corrected chi connectivity index (χ3v) is 5.66. The lowest BCUT2D eigenvalue weighted by Crippen LogP contribution is -2.63. The molecule has 2 N–H and O–H groups in total. The molecule has 1 unspecified atom stereocenters. The first kappa shape index (κ1) is 16.8. The van der Waals surface area contributed by atoms with Gasteiger partial charge in [-0.3, -0.25) is 4.79 Å². The number of carboxylic acid groups (broad SMARTS) is 1. The van der Waals surface area contributed by atoms with E-state index in [1.807, 2.05) is 30.3 Å². The van der Waals surface area contributed by atoms with Crippen LogP contribution in [0.4, 0.5) is 4.79 Å². The number of aliphatic carboxylic acids is 1. The molecule has 2 bridgehead atoms. The van der Waals surface area contributed by atoms with Gasteiger partial charge in [-0.25, -0.2) is 4.79 Å². The average Bonchev–Trinajstić information content (AvgIpc) is 2.62. The van der Waals surface area contributed by atoms with Crippen LogP contribution < -0.4 is 5.32 Å². The summed E-state index contributed by atoms with van der Waals surface area (Å²) in [6.07, 6.45) is 2.39. The minimum Gasteiger partial charge on any atom is -0.481 e. The Morgan fingerprint density at radius 3 is 2.46 bits per heavy atom. The third-order valence-electron chi connectivity index (χ3n) is 5.66. The van der Waals surface area contributed by atoms with Gasteiger partial charge in [-0.15, -0.1) is 0 Å². The highest BCUT2D eigenvalue weighted by Crippen LogP contribution is 2.53. The van der Waals surface area contributed by atoms with Crippen LogP contribution in [0, 0.1) is 5.41 Å². The Balaban J connectivity index is 1.66. The van der Waals surface area contributed by atoms with Gasteiger partial charge < -0.3 is 19.9 Å². The molecule has 0 heterocycles. The molecule has 0 aliphatic heterocycles. The Morgan fingerprint density at radius 1 is 1.21 bits per heavy atom. The minimum absolute atomic E-state index is 0.162. The van der Waals surface area contributed by atoms with E-state index < -0.39 is 23.5 Å². The van der Waals surface area contributed by atoms with Crippen molar-refractivity contribution in [3.8, 4) is 0 Å². The first-order valence-electron chi connectivity index (χ1n) is 8.25. The van der Waals surface area contributed by atoms with Crippen LogP contribution in [0.25, 0.3) is 0 Å². The van der Waals surface area contributed by atoms with E-state index in [1.165, 1.54) is 0 Å². The molecule has 0 aromatic heterocycles. The highest BCUT2D eigenvalue weighted by molar-refractivity contribution is 5.78. The highest BCUT2D eigenvalue weighted by atomic mass is 16.5. The van der Waals surface area contributed by atoms with Crippen LogP contribution in [0.2, 0.25) is 0 Å². The number of methoxy groups -OCH3 is 1. The van der Waals surface area contributed by atoms with E-state index in [-0.39, 0.29) is 12.2 Å². The number of nitrogens with one attached hydrogen (secondary N) is 1. The summed E-state index contributed by atoms with van der Waals surface area (Å²) >= 11 is 0. The van der Waals surface area contributed by atoms with Gasteiger partial charge in [0.05, 0.1) is 17.1 Å². The number of fused-ring (bicyclic) bond motifs is 3. The summed E-state index contributed by atoms with van der Waals surface area (Å²) in [5.74, 6) is -0.847. The number of carboxylic acids is 1. The average molecular weight is 333 g/mol. The zero-order valence-corrected chi connectivity index (χ0v) is 13.8. The Bertz CT molecular complexity index is 607. The minimum atomic E-state index is -0.911. The van der Waals surface area contributed by atoms with Crippen molar-refractivity contribution in [2.75, 3.05) is 7.11 Å². The number of hydrogen-bond donors (Lipinski definition) is 2. The van der Waals surface area contributed by atoms with Crippen molar-refractivity contribution in [1.82, 2.24) is 5.32 Å². The second kappa shape index (κ2) is 6.43. The molecule has 1 atom stereocenters. The van der Waals surface area contributed by atoms with Gasteiger partial charge in [0.2, 0.25) is 0 Å². The van der Waals surface area contributed by atoms with E-state index in [2.05, 4.69) is 5.32 Å². The summed E-state index contributed by atoms with van der Waals surface area (Å²) in [6.45, 7) is 0.162. The first-order chi connectivity index (χ1) is 11.5. The fourth-order valence-corrected chi connectivity index (χ4v) is 4.02. The van der Waals surface area contributed by atoms with Crippen molar-refractivity contribution in [1.29, 1.82) is 0 Å². The van der Waals surface area contributed by atoms with Gasteiger partial charge in [-0.2, -0.15) is 0 Å². The molecule has 3 fully saturated rings. The van der Waals surface area contributed by atoms with E-state index >= 15 is 0 Å². The second-order valence-electron chi connectivity index (χ2n) is 6.81. The van der Waals surface area contributed by atoms with Crippen molar-refractivity contribution < 1.29 is 24.2 Å². The summed E-state index contributed by atoms with van der Waals surface area (Å²) in [7, 11) is 1.66. The Kier molecular flexibility index (Phi) is 4.49. The lowest BCUT2D eigenvalue weighted by atomic mass is 9.56. The van der Waals surface area contributed by atoms with E-state index in [0.717, 1.165) is 5.56 Å². The molecule has 0 radical (unpaired) electrons. The maximum Gasteiger partial charge on any atom is 0.407 e. The molecule has 130 valence electrons. The molecule has 24 heavy (non-hydrogen) atoms. The van der Waals surface area contributed by atoms with Gasteiger partial charge in [0, 0.05) is 7.11 Å². The van der Waals surface area contributed by atoms with Gasteiger partial charge in [0.15, 0.2) is 0 Å². The number of hydrogen-bond acceptors (Lipinski definition) is 4. The predicted octanol–water partition coefficient (Wildman–Crippen LogP) is 2.72. The molecule has 1 aromatic rings. The number of amides is 1. The van der Waals surface area contributed by atoms with Gasteiger partial charge in [0.25, 0.3) is 0 Å². The number of benzene rings is 1. The molecule has 6 heteroatoms. The normalized spacial score (nSPS) is 31.5. The number of alkyl carbamates (subject to hydrolysis) is 1. The van der Waals surface area contributed by atoms with E-state index in [1.54, 1.807) is 7.11 Å². The number of ether oxygens (including phenoxy) is 2. The van der Waals surface area contributed by atoms with Crippen molar-refractivity contribution in [3.63, 3.8) is 0 Å². The molecule has 6 nitrogen and oxygen atoms in total. The first-order valence-corrected chi connectivity index (χ1v) is 8.25. The van der Waals surface area contributed by atoms with Crippen LogP contribution in [-0.4, -0.2) is 35.9 Å². The lowest BCUT2D eigenvalue weighted by molar-refractivity contribution is -0.174. The van der Waals surface area contributed by atoms with Gasteiger partial charge in [0.1, 0.15) is 6.61 Å². The van der Waals surface area contributed by atoms with Crippen molar-refractivity contribution >= 4 is 12.1 Å². The maximum absolute atomic E-state index is 12.2. The summed E-state index contributed by atoms with van der Waals surface area (Å²) < 4.78 is 10.9. The topological polar surface area (TPSA) is 84.9 Å². The molecule has 1 amide bonds. The van der Waals surface area contributed by atoms with Crippen LogP contribution in [0.3, 0.4) is 0 Å². The molecular formula is C18H23NO5. The maximum atomic E-state index is 12.2. The van der Waals surface area contributed by atoms with Crippen LogP contribution in [0.15, 0.2) is 30.3 Å². The Morgan fingerprint density at radius 2 is 1.88 bits per heavy atom. The summed E-state index contributed by atoms with van der Waals surface area (Å²) in [5.41, 5.74) is -0.347. The number of carbonyl (C=O) groups is 2. The van der Waals surface area contributed by atoms with Crippen molar-refractivity contribution in [2.24, 2.45) is 5.41 Å². The van der Waals surface area contributed by atoms with Crippen LogP contribution in [0.5, 0.6) is 0 Å². The largest absolute Gasteiger partial charge is 0.481 e. The lowest BCUT2D eigenvalue weighted by Gasteiger charge is -2.54. The summed E-state index contributed by atoms with van der Waals surface area (Å²) in [5, 5.41) is 12.5. The van der Waals surface area contributed by atoms with Gasteiger partial charge in [-0.05, 0) is 37.7 Å². The predicted molar refractivity (Wildman–Crippen MR) is 86.4 cm³/mol. The smallest absolute Gasteiger partial charge is 0.407 e. The zero-order valence-electron chi connectivity index (χ0n) is 13.8. The molecular weight excluding hydrogens is 310 g/mol. The monoisotopic (exact) mass is 333 g/mol. The van der Waals surface area contributed by atoms with Crippen LogP contribution in [-0.2, 0) is 20.9 Å². The van der Waals surface area contributed by atoms with Gasteiger partial charge >= 0.3 is 12.1 Å². The van der Waals surface area contributed by atoms with Crippen LogP contribution >= 0.6 is 0 Å². The third kappa shape index (κ3) is 2.98. The van der Waals surface area contributed by atoms with E-state index in [9.17, 15) is 14.7 Å². The van der Waals surface area contributed by atoms with Crippen molar-refractivity contribution in [2.45, 2.75) is 50.4 Å². The molecule has 0 spiro atoms. The molecule has 0 saturated heterocycles. The summed E-state index contributed by atoms with van der Waals surface area (Å²) in [4.78, 5) is 24.0. The number of rotatable bonds is 5. The Hall–Kier alpha value is -2.08. The molecule has 4 rings (SSSR count). The van der Waals surface area contributed by atoms with Crippen LogP contribution in [0.1, 0.15) is 37.7 Å². The van der Waals surface area contributed by atoms with Gasteiger partial charge in [-0.1, -0.05) is 30.3 Å². The Labute approximate surface area is 141 Å². The SMILES string of the molecule is COC12CCC(C(=O)O)(CC1)C(NC(=O)OCc1ccccc1)C2. The highest BCUT2D eigenvalue weighted by Gasteiger charge is 2.59. The van der Waals surface area contributed by atoms with E-state index in [4.69, 9.17) is 9.47 Å². The molecule has 1 aromatic carbocycles. The molecule has 3 aliphatic carbocycles. The van der Waals surface area contributed by atoms with Crippen molar-refractivity contribution in [3.05, 3.63) is 35.9 Å². The molecule has 3 aliphatic rings. The standard InChI is InChI=1S/C18H23NO5/c1-23-17-7-9-18(10-8-17,15(20)21)14(11-17)19-16(22)24-12-13-5-3-2-4-6-13/h2-6,14H,7-12H2,1H3,(H,19,22)(H,20,21). The molecule has 3 saturated carbocycles. The fraction of sp³-hybridized carbons (Fsp3) is 0.556. The fourth-order valence-electron chi connectivity index (χ4n) is 4.02. The quantitative estimate of drug-likeness (QED) is 0.865.